The van der Waals surface area contributed by atoms with Crippen LogP contribution in [0.1, 0.15) is 13.3 Å². The summed E-state index contributed by atoms with van der Waals surface area (Å²) < 4.78 is 0. The number of nitrogens with zero attached hydrogens (tertiary/aromatic N) is 1. The van der Waals surface area contributed by atoms with Crippen molar-refractivity contribution in [2.75, 3.05) is 7.05 Å². The van der Waals surface area contributed by atoms with Crippen LogP contribution in [-0.2, 0) is 4.79 Å². The summed E-state index contributed by atoms with van der Waals surface area (Å²) in [5.41, 5.74) is 0.355. The minimum absolute atomic E-state index is 0.155. The van der Waals surface area contributed by atoms with Crippen LogP contribution in [-0.4, -0.2) is 35.1 Å². The molecule has 1 fully saturated rings. The van der Waals surface area contributed by atoms with Crippen LogP contribution in [0.2, 0.25) is 0 Å². The van der Waals surface area contributed by atoms with E-state index in [-0.39, 0.29) is 22.0 Å². The molecule has 0 saturated carbocycles. The van der Waals surface area contributed by atoms with Gasteiger partial charge in [0.05, 0.1) is 18.1 Å². The quantitative estimate of drug-likeness (QED) is 0.809. The smallest absolute Gasteiger partial charge is 0.233 e. The number of amides is 1. The number of likely N-dealkylation sites (tertiary alicyclic amines) is 1. The third-order valence-electron chi connectivity index (χ3n) is 3.30. The lowest BCUT2D eigenvalue weighted by molar-refractivity contribution is -0.130. The van der Waals surface area contributed by atoms with E-state index in [1.165, 1.54) is 11.0 Å². The maximum absolute atomic E-state index is 12.2. The van der Waals surface area contributed by atoms with Crippen molar-refractivity contribution in [3.63, 3.8) is 0 Å². The minimum Gasteiger partial charge on any atom is -0.390 e. The minimum atomic E-state index is -0.841. The zero-order valence-corrected chi connectivity index (χ0v) is 12.0. The lowest BCUT2D eigenvalue weighted by atomic mass is 9.91. The predicted octanol–water partition coefficient (Wildman–Crippen LogP) is 2.65. The number of hydrogen-bond donors (Lipinski definition) is 1. The summed E-state index contributed by atoms with van der Waals surface area (Å²) in [7, 11) is 1.66. The summed E-state index contributed by atoms with van der Waals surface area (Å²) in [5.74, 6) is -0.971. The van der Waals surface area contributed by atoms with Gasteiger partial charge in [-0.25, -0.2) is 0 Å². The number of carbonyl (C=O) groups excluding carboxylic acids is 1. The van der Waals surface area contributed by atoms with E-state index in [0.29, 0.717) is 12.0 Å². The summed E-state index contributed by atoms with van der Waals surface area (Å²) in [6.07, 6.45) is 1.21. The highest BCUT2D eigenvalue weighted by atomic mass is 35.5. The van der Waals surface area contributed by atoms with Crippen LogP contribution < -0.4 is 0 Å². The Morgan fingerprint density at radius 1 is 1.56 bits per heavy atom. The molecule has 1 aliphatic heterocycles. The Morgan fingerprint density at radius 2 is 2.11 bits per heavy atom. The van der Waals surface area contributed by atoms with Crippen molar-refractivity contribution in [1.29, 1.82) is 0 Å². The summed E-state index contributed by atoms with van der Waals surface area (Å²) in [6, 6.07) is -0.234. The van der Waals surface area contributed by atoms with Gasteiger partial charge in [-0.2, -0.15) is 0 Å². The van der Waals surface area contributed by atoms with Crippen LogP contribution in [0.25, 0.3) is 0 Å². The molecule has 3 atom stereocenters. The van der Waals surface area contributed by atoms with Gasteiger partial charge < -0.3 is 10.0 Å². The van der Waals surface area contributed by atoms with Gasteiger partial charge in [-0.1, -0.05) is 49.4 Å². The van der Waals surface area contributed by atoms with Crippen LogP contribution in [0, 0.1) is 5.92 Å². The largest absolute Gasteiger partial charge is 0.390 e. The molecule has 0 aromatic heterocycles. The van der Waals surface area contributed by atoms with Gasteiger partial charge in [-0.3, -0.25) is 4.79 Å². The normalized spacial score (nSPS) is 29.3. The van der Waals surface area contributed by atoms with Gasteiger partial charge in [-0.05, 0) is 6.42 Å². The van der Waals surface area contributed by atoms with E-state index in [1.54, 1.807) is 7.05 Å². The van der Waals surface area contributed by atoms with E-state index in [9.17, 15) is 9.90 Å². The van der Waals surface area contributed by atoms with E-state index in [4.69, 9.17) is 23.2 Å². The first kappa shape index (κ1) is 15.3. The molecule has 0 aromatic carbocycles. The van der Waals surface area contributed by atoms with Gasteiger partial charge in [0, 0.05) is 22.7 Å². The van der Waals surface area contributed by atoms with Gasteiger partial charge in [0.15, 0.2) is 0 Å². The number of hydrogen-bond acceptors (Lipinski definition) is 2. The number of rotatable bonds is 4. The molecule has 3 nitrogen and oxygen atoms in total. The maximum atomic E-state index is 12.2. The molecule has 1 heterocycles. The SMILES string of the molecule is C=C/C(Cl)=C(\C(=C)Cl)C1C(=O)N(C)C(CC)C1O. The molecule has 0 aliphatic carbocycles. The molecule has 3 unspecified atom stereocenters. The number of aliphatic hydroxyl groups is 1. The molecule has 18 heavy (non-hydrogen) atoms. The van der Waals surface area contributed by atoms with E-state index in [2.05, 4.69) is 13.2 Å². The van der Waals surface area contributed by atoms with Crippen molar-refractivity contribution in [3.8, 4) is 0 Å². The molecule has 1 saturated heterocycles. The highest BCUT2D eigenvalue weighted by Crippen LogP contribution is 2.37. The summed E-state index contributed by atoms with van der Waals surface area (Å²) >= 11 is 11.9. The standard InChI is InChI=1S/C13H17Cl2NO2/c1-5-8(15)10(7(3)14)11-12(17)9(6-2)16(4)13(11)18/h5,9,11-12,17H,1,3,6H2,2,4H3/b10-8-. The first-order valence-corrected chi connectivity index (χ1v) is 6.44. The Labute approximate surface area is 117 Å². The van der Waals surface area contributed by atoms with Gasteiger partial charge in [0.2, 0.25) is 5.91 Å². The molecule has 0 aromatic rings. The first-order valence-electron chi connectivity index (χ1n) is 5.68. The highest BCUT2D eigenvalue weighted by molar-refractivity contribution is 6.36. The topological polar surface area (TPSA) is 40.5 Å². The van der Waals surface area contributed by atoms with Crippen LogP contribution in [0.15, 0.2) is 34.9 Å². The second-order valence-corrected chi connectivity index (χ2v) is 5.13. The molecule has 0 bridgehead atoms. The Kier molecular flexibility index (Phi) is 5.02. The number of aliphatic hydroxyl groups excluding tert-OH is 1. The average Bonchev–Trinajstić information content (AvgIpc) is 2.52. The number of allylic oxidation sites excluding steroid dienone is 3. The Hall–Kier alpha value is -0.770. The van der Waals surface area contributed by atoms with Crippen molar-refractivity contribution < 1.29 is 9.90 Å². The van der Waals surface area contributed by atoms with Crippen LogP contribution in [0.5, 0.6) is 0 Å². The average molecular weight is 290 g/mol. The summed E-state index contributed by atoms with van der Waals surface area (Å²) in [4.78, 5) is 13.7. The van der Waals surface area contributed by atoms with Crippen LogP contribution in [0.4, 0.5) is 0 Å². The van der Waals surface area contributed by atoms with E-state index < -0.39 is 12.0 Å². The fourth-order valence-electron chi connectivity index (χ4n) is 2.35. The van der Waals surface area contributed by atoms with Gasteiger partial charge in [0.1, 0.15) is 0 Å². The number of likely N-dealkylation sites (N-methyl/N-ethyl adjacent to an activating group) is 1. The van der Waals surface area contributed by atoms with Crippen LogP contribution >= 0.6 is 23.2 Å². The Morgan fingerprint density at radius 3 is 2.44 bits per heavy atom. The molecule has 5 heteroatoms. The van der Waals surface area contributed by atoms with Crippen molar-refractivity contribution in [2.45, 2.75) is 25.5 Å². The van der Waals surface area contributed by atoms with Crippen LogP contribution in [0.3, 0.4) is 0 Å². The van der Waals surface area contributed by atoms with Crippen molar-refractivity contribution in [2.24, 2.45) is 5.92 Å². The van der Waals surface area contributed by atoms with Crippen molar-refractivity contribution in [3.05, 3.63) is 34.9 Å². The third-order valence-corrected chi connectivity index (χ3v) is 3.87. The summed E-state index contributed by atoms with van der Waals surface area (Å²) in [6.45, 7) is 9.07. The molecule has 1 amide bonds. The lowest BCUT2D eigenvalue weighted by Gasteiger charge is -2.20. The van der Waals surface area contributed by atoms with Gasteiger partial charge in [0.25, 0.3) is 0 Å². The number of carbonyl (C=O) groups is 1. The fourth-order valence-corrected chi connectivity index (χ4v) is 2.85. The molecular weight excluding hydrogens is 273 g/mol. The first-order chi connectivity index (χ1) is 8.36. The molecule has 1 N–H and O–H groups in total. The molecule has 1 rings (SSSR count). The monoisotopic (exact) mass is 289 g/mol. The van der Waals surface area contributed by atoms with Crippen molar-refractivity contribution in [1.82, 2.24) is 4.90 Å². The van der Waals surface area contributed by atoms with Gasteiger partial charge >= 0.3 is 0 Å². The molecule has 0 radical (unpaired) electrons. The Balaban J connectivity index is 3.27. The molecule has 1 aliphatic rings. The molecular formula is C13H17Cl2NO2. The predicted molar refractivity (Wildman–Crippen MR) is 74.4 cm³/mol. The second kappa shape index (κ2) is 5.91. The maximum Gasteiger partial charge on any atom is 0.233 e. The fraction of sp³-hybridized carbons (Fsp3) is 0.462. The second-order valence-electron chi connectivity index (χ2n) is 4.26. The molecule has 0 spiro atoms. The van der Waals surface area contributed by atoms with E-state index in [1.807, 2.05) is 6.92 Å². The summed E-state index contributed by atoms with van der Waals surface area (Å²) in [5, 5.41) is 10.7. The number of halogens is 2. The highest BCUT2D eigenvalue weighted by Gasteiger charge is 2.47. The Bertz CT molecular complexity index is 417. The van der Waals surface area contributed by atoms with E-state index >= 15 is 0 Å². The zero-order valence-electron chi connectivity index (χ0n) is 10.5. The third kappa shape index (κ3) is 2.48. The van der Waals surface area contributed by atoms with Gasteiger partial charge in [-0.15, -0.1) is 0 Å². The lowest BCUT2D eigenvalue weighted by Crippen LogP contribution is -2.33. The van der Waals surface area contributed by atoms with Crippen molar-refractivity contribution >= 4 is 29.1 Å². The molecule has 100 valence electrons. The zero-order chi connectivity index (χ0) is 14.0. The van der Waals surface area contributed by atoms with E-state index in [0.717, 1.165) is 0 Å².